The Morgan fingerprint density at radius 3 is 2.74 bits per heavy atom. The zero-order chi connectivity index (χ0) is 22.2. The van der Waals surface area contributed by atoms with E-state index in [0.717, 1.165) is 11.1 Å². The number of nitrogens with zero attached hydrogens (tertiary/aromatic N) is 1. The third-order valence-electron chi connectivity index (χ3n) is 5.87. The Hall–Kier alpha value is -2.48. The fourth-order valence-corrected chi connectivity index (χ4v) is 4.19. The van der Waals surface area contributed by atoms with Crippen LogP contribution >= 0.6 is 0 Å². The molecule has 2 aliphatic heterocycles. The molecule has 0 saturated carbocycles. The number of fused-ring (bicyclic) bond motifs is 1. The van der Waals surface area contributed by atoms with Gasteiger partial charge in [0.1, 0.15) is 36.7 Å². The van der Waals surface area contributed by atoms with E-state index in [-0.39, 0.29) is 32.7 Å². The first-order valence-electron chi connectivity index (χ1n) is 10.4. The summed E-state index contributed by atoms with van der Waals surface area (Å²) < 4.78 is 30.8. The van der Waals surface area contributed by atoms with Gasteiger partial charge in [0.2, 0.25) is 0 Å². The molecule has 2 aliphatic rings. The van der Waals surface area contributed by atoms with Crippen LogP contribution in [-0.4, -0.2) is 54.1 Å². The molecule has 2 atom stereocenters. The lowest BCUT2D eigenvalue weighted by molar-refractivity contribution is -0.0439. The molecule has 1 N–H and O–H groups in total. The van der Waals surface area contributed by atoms with Crippen LogP contribution in [0.25, 0.3) is 0 Å². The molecule has 6 nitrogen and oxygen atoms in total. The molecule has 0 bridgehead atoms. The van der Waals surface area contributed by atoms with Crippen molar-refractivity contribution in [3.8, 4) is 5.75 Å². The monoisotopic (exact) mass is 431 g/mol. The van der Waals surface area contributed by atoms with Crippen LogP contribution in [0, 0.1) is 12.7 Å². The Labute approximate surface area is 183 Å². The van der Waals surface area contributed by atoms with Gasteiger partial charge in [0.25, 0.3) is 5.91 Å². The number of piperidine rings is 1. The lowest BCUT2D eigenvalue weighted by Crippen LogP contribution is -2.53. The van der Waals surface area contributed by atoms with E-state index in [1.54, 1.807) is 49.1 Å². The van der Waals surface area contributed by atoms with Crippen molar-refractivity contribution in [3.05, 3.63) is 65.0 Å². The molecular formula is C24H30FNO5. The highest BCUT2D eigenvalue weighted by Gasteiger charge is 2.51. The average molecular weight is 432 g/mol. The highest BCUT2D eigenvalue weighted by molar-refractivity contribution is 5.94. The lowest BCUT2D eigenvalue weighted by atomic mass is 9.82. The fraction of sp³-hybridized carbons (Fsp3) is 0.458. The number of rotatable bonds is 5. The summed E-state index contributed by atoms with van der Waals surface area (Å²) >= 11 is 0. The van der Waals surface area contributed by atoms with Gasteiger partial charge in [-0.2, -0.15) is 0 Å². The van der Waals surface area contributed by atoms with Gasteiger partial charge in [-0.3, -0.25) is 4.79 Å². The predicted molar refractivity (Wildman–Crippen MR) is 115 cm³/mol. The van der Waals surface area contributed by atoms with Gasteiger partial charge in [0, 0.05) is 20.0 Å². The predicted octanol–water partition coefficient (Wildman–Crippen LogP) is 3.64. The van der Waals surface area contributed by atoms with E-state index in [4.69, 9.17) is 14.2 Å². The van der Waals surface area contributed by atoms with Crippen LogP contribution in [0.4, 0.5) is 4.39 Å². The van der Waals surface area contributed by atoms with E-state index in [9.17, 15) is 14.3 Å². The Balaban J connectivity index is 0.00000289. The summed E-state index contributed by atoms with van der Waals surface area (Å²) in [5, 5.41) is 9.85. The first kappa shape index (κ1) is 21.7. The van der Waals surface area contributed by atoms with Crippen molar-refractivity contribution in [1.82, 2.24) is 4.90 Å². The number of carbonyl (C=O) groups excluding carboxylic acids is 1. The molecular weight excluding hydrogens is 401 g/mol. The van der Waals surface area contributed by atoms with Crippen LogP contribution in [0.15, 0.2) is 42.5 Å². The fourth-order valence-electron chi connectivity index (χ4n) is 4.19. The summed E-state index contributed by atoms with van der Waals surface area (Å²) in [7, 11) is 0. The maximum Gasteiger partial charge on any atom is 0.253 e. The van der Waals surface area contributed by atoms with Crippen LogP contribution in [-0.2, 0) is 15.1 Å². The molecule has 7 heteroatoms. The normalized spacial score (nSPS) is 23.5. The third kappa shape index (κ3) is 4.44. The van der Waals surface area contributed by atoms with Crippen LogP contribution in [0.1, 0.15) is 43.2 Å². The number of benzene rings is 2. The topological polar surface area (TPSA) is 68.2 Å². The Morgan fingerprint density at radius 1 is 1.32 bits per heavy atom. The number of likely N-dealkylation sites (tertiary alicyclic amines) is 1. The number of aryl methyl sites for hydroxylation is 1. The van der Waals surface area contributed by atoms with Gasteiger partial charge in [0.05, 0.1) is 12.1 Å². The van der Waals surface area contributed by atoms with Gasteiger partial charge in [-0.05, 0) is 62.2 Å². The van der Waals surface area contributed by atoms with E-state index >= 15 is 0 Å². The highest BCUT2D eigenvalue weighted by Crippen LogP contribution is 2.42. The SMILES string of the molecule is Cc1cc(C(=O)N2CCC3(c4ccc(F)cc4)OCOC3C2)ccc1OCC(C)(C)O.[HH]. The molecule has 2 unspecified atom stereocenters. The minimum absolute atomic E-state index is 0. The Kier molecular flexibility index (Phi) is 5.77. The molecule has 1 amide bonds. The zero-order valence-electron chi connectivity index (χ0n) is 18.1. The molecule has 2 fully saturated rings. The molecule has 2 saturated heterocycles. The highest BCUT2D eigenvalue weighted by atomic mass is 19.1. The van der Waals surface area contributed by atoms with Crippen LogP contribution in [0.2, 0.25) is 0 Å². The smallest absolute Gasteiger partial charge is 0.253 e. The first-order valence-corrected chi connectivity index (χ1v) is 10.4. The second-order valence-electron chi connectivity index (χ2n) is 8.90. The summed E-state index contributed by atoms with van der Waals surface area (Å²) in [6, 6.07) is 11.6. The number of hydrogen-bond acceptors (Lipinski definition) is 5. The number of amides is 1. The molecule has 0 aromatic heterocycles. The average Bonchev–Trinajstić information content (AvgIpc) is 3.16. The Morgan fingerprint density at radius 2 is 2.06 bits per heavy atom. The standard InChI is InChI=1S/C24H28FNO5.H2/c1-16-12-17(4-9-20(16)29-14-23(2,3)28)22(27)26-11-10-24(21(13-26)30-15-31-24)18-5-7-19(25)8-6-18;/h4-9,12,21,28H,10-11,13-15H2,1-3H3;1H. The maximum atomic E-state index is 13.4. The molecule has 0 spiro atoms. The third-order valence-corrected chi connectivity index (χ3v) is 5.87. The van der Waals surface area contributed by atoms with Crippen molar-refractivity contribution in [2.24, 2.45) is 0 Å². The summed E-state index contributed by atoms with van der Waals surface area (Å²) in [5.41, 5.74) is 0.673. The van der Waals surface area contributed by atoms with Crippen molar-refractivity contribution in [3.63, 3.8) is 0 Å². The number of halogens is 1. The van der Waals surface area contributed by atoms with Crippen molar-refractivity contribution in [2.75, 3.05) is 26.5 Å². The van der Waals surface area contributed by atoms with Gasteiger partial charge in [-0.25, -0.2) is 4.39 Å². The van der Waals surface area contributed by atoms with E-state index in [1.807, 2.05) is 6.92 Å². The van der Waals surface area contributed by atoms with Gasteiger partial charge >= 0.3 is 0 Å². The second-order valence-corrected chi connectivity index (χ2v) is 8.90. The van der Waals surface area contributed by atoms with Crippen LogP contribution < -0.4 is 4.74 Å². The van der Waals surface area contributed by atoms with Crippen LogP contribution in [0.5, 0.6) is 5.75 Å². The number of carbonyl (C=O) groups is 1. The van der Waals surface area contributed by atoms with Crippen molar-refractivity contribution < 1.29 is 29.9 Å². The molecule has 0 radical (unpaired) electrons. The lowest BCUT2D eigenvalue weighted by Gasteiger charge is -2.42. The molecule has 4 rings (SSSR count). The quantitative estimate of drug-likeness (QED) is 0.783. The molecule has 2 aromatic rings. The molecule has 2 aromatic carbocycles. The minimum Gasteiger partial charge on any atom is -0.490 e. The summed E-state index contributed by atoms with van der Waals surface area (Å²) in [6.07, 6.45) is 0.256. The van der Waals surface area contributed by atoms with Gasteiger partial charge in [-0.1, -0.05) is 12.1 Å². The minimum atomic E-state index is -0.935. The second kappa shape index (κ2) is 8.22. The summed E-state index contributed by atoms with van der Waals surface area (Å²) in [4.78, 5) is 14.9. The van der Waals surface area contributed by atoms with Crippen molar-refractivity contribution in [1.29, 1.82) is 0 Å². The molecule has 168 valence electrons. The Bertz CT molecular complexity index is 962. The number of ether oxygens (including phenoxy) is 3. The molecule has 0 aliphatic carbocycles. The van der Waals surface area contributed by atoms with E-state index in [1.165, 1.54) is 12.1 Å². The summed E-state index contributed by atoms with van der Waals surface area (Å²) in [5.74, 6) is 0.258. The molecule has 31 heavy (non-hydrogen) atoms. The van der Waals surface area contributed by atoms with Crippen LogP contribution in [0.3, 0.4) is 0 Å². The van der Waals surface area contributed by atoms with Gasteiger partial charge in [-0.15, -0.1) is 0 Å². The summed E-state index contributed by atoms with van der Waals surface area (Å²) in [6.45, 7) is 6.45. The van der Waals surface area contributed by atoms with E-state index < -0.39 is 11.2 Å². The van der Waals surface area contributed by atoms with E-state index in [2.05, 4.69) is 0 Å². The number of hydrogen-bond donors (Lipinski definition) is 1. The van der Waals surface area contributed by atoms with Gasteiger partial charge < -0.3 is 24.2 Å². The maximum absolute atomic E-state index is 13.4. The molecule has 2 heterocycles. The van der Waals surface area contributed by atoms with Crippen molar-refractivity contribution >= 4 is 5.91 Å². The van der Waals surface area contributed by atoms with Crippen molar-refractivity contribution in [2.45, 2.75) is 44.5 Å². The van der Waals surface area contributed by atoms with Gasteiger partial charge in [0.15, 0.2) is 0 Å². The van der Waals surface area contributed by atoms with E-state index in [0.29, 0.717) is 30.8 Å². The largest absolute Gasteiger partial charge is 0.490 e. The zero-order valence-corrected chi connectivity index (χ0v) is 18.1. The first-order chi connectivity index (χ1) is 14.7. The number of aliphatic hydroxyl groups is 1.